The van der Waals surface area contributed by atoms with Crippen LogP contribution in [0.1, 0.15) is 148 Å². The summed E-state index contributed by atoms with van der Waals surface area (Å²) in [5.74, 6) is 0. The van der Waals surface area contributed by atoms with E-state index in [-0.39, 0.29) is 0 Å². The van der Waals surface area contributed by atoms with E-state index in [1.54, 1.807) is 0 Å². The number of hydrogen-bond donors (Lipinski definition) is 0. The van der Waals surface area contributed by atoms with Crippen LogP contribution in [-0.2, 0) is 0 Å². The lowest BCUT2D eigenvalue weighted by atomic mass is 10.0. The van der Waals surface area contributed by atoms with E-state index < -0.39 is 8.07 Å². The fourth-order valence-electron chi connectivity index (χ4n) is 4.37. The minimum atomic E-state index is -0.776. The Balaban J connectivity index is 3.02. The molecule has 0 N–H and O–H groups in total. The van der Waals surface area contributed by atoms with Crippen molar-refractivity contribution in [3.05, 3.63) is 6.92 Å². The molecule has 0 saturated heterocycles. The Bertz CT molecular complexity index is 291. The highest BCUT2D eigenvalue weighted by atomic mass is 28.3. The van der Waals surface area contributed by atoms with Crippen LogP contribution in [0.3, 0.4) is 0 Å². The summed E-state index contributed by atoms with van der Waals surface area (Å²) in [6.45, 7) is 11.4. The van der Waals surface area contributed by atoms with Gasteiger partial charge in [0, 0.05) is 8.07 Å². The summed E-state index contributed by atoms with van der Waals surface area (Å²) in [5, 5.41) is 0. The fraction of sp³-hybridized carbons (Fsp3) is 0.964. The van der Waals surface area contributed by atoms with Crippen molar-refractivity contribution in [2.75, 3.05) is 0 Å². The maximum atomic E-state index is 3.92. The molecule has 0 aromatic rings. The van der Waals surface area contributed by atoms with Crippen molar-refractivity contribution in [3.63, 3.8) is 0 Å². The molecule has 0 heterocycles. The molecule has 0 bridgehead atoms. The second-order valence-corrected chi connectivity index (χ2v) is 16.6. The van der Waals surface area contributed by atoms with Gasteiger partial charge in [0.2, 0.25) is 0 Å². The summed E-state index contributed by atoms with van der Waals surface area (Å²) >= 11 is 0. The topological polar surface area (TPSA) is 0 Å². The van der Waals surface area contributed by atoms with Crippen molar-refractivity contribution in [1.29, 1.82) is 0 Å². The smallest absolute Gasteiger partial charge is 0.0442 e. The van der Waals surface area contributed by atoms with Gasteiger partial charge < -0.3 is 0 Å². The average Bonchev–Trinajstić information content (AvgIpc) is 2.67. The number of rotatable bonds is 24. The van der Waals surface area contributed by atoms with Gasteiger partial charge in [-0.15, -0.1) is 0 Å². The van der Waals surface area contributed by atoms with Crippen LogP contribution in [0.2, 0.25) is 25.7 Å². The first-order valence-electron chi connectivity index (χ1n) is 13.9. The maximum Gasteiger partial charge on any atom is 0.0442 e. The molecule has 1 heteroatoms. The van der Waals surface area contributed by atoms with Gasteiger partial charge in [0.05, 0.1) is 0 Å². The molecule has 0 aliphatic rings. The first-order chi connectivity index (χ1) is 14.1. The molecule has 0 fully saturated rings. The molecule has 0 aliphatic heterocycles. The largest absolute Gasteiger partial charge is 0.0695 e. The highest BCUT2D eigenvalue weighted by Gasteiger charge is 2.11. The van der Waals surface area contributed by atoms with Gasteiger partial charge >= 0.3 is 0 Å². The highest BCUT2D eigenvalue weighted by molar-refractivity contribution is 6.76. The van der Waals surface area contributed by atoms with E-state index in [0.717, 1.165) is 6.42 Å². The Labute approximate surface area is 188 Å². The van der Waals surface area contributed by atoms with Crippen molar-refractivity contribution in [3.8, 4) is 0 Å². The van der Waals surface area contributed by atoms with Crippen LogP contribution in [-0.4, -0.2) is 8.07 Å². The van der Waals surface area contributed by atoms with Gasteiger partial charge in [-0.05, 0) is 0 Å². The standard InChI is InChI=1S/C28H59Si/c1-5-6-7-8-9-10-11-12-13-14-15-16-17-18-19-20-21-22-23-24-25-26-27-28-29(2,3)4/h1,5-28H2,2-4H3. The predicted octanol–water partition coefficient (Wildman–Crippen LogP) is 11.1. The molecule has 0 unspecified atom stereocenters. The van der Waals surface area contributed by atoms with E-state index in [4.69, 9.17) is 0 Å². The Kier molecular flexibility index (Phi) is 23.1. The molecule has 29 heavy (non-hydrogen) atoms. The molecule has 0 nitrogen and oxygen atoms in total. The van der Waals surface area contributed by atoms with Crippen molar-refractivity contribution in [1.82, 2.24) is 0 Å². The lowest BCUT2D eigenvalue weighted by Gasteiger charge is -2.14. The zero-order valence-corrected chi connectivity index (χ0v) is 22.2. The first-order valence-corrected chi connectivity index (χ1v) is 17.6. The van der Waals surface area contributed by atoms with E-state index in [0.29, 0.717) is 0 Å². The minimum absolute atomic E-state index is 0.776. The van der Waals surface area contributed by atoms with Crippen molar-refractivity contribution in [2.45, 2.75) is 173 Å². The predicted molar refractivity (Wildman–Crippen MR) is 140 cm³/mol. The molecule has 0 saturated carbocycles. The van der Waals surface area contributed by atoms with Gasteiger partial charge in [-0.3, -0.25) is 0 Å². The van der Waals surface area contributed by atoms with E-state index in [9.17, 15) is 0 Å². The second kappa shape index (κ2) is 22.9. The molecule has 0 atom stereocenters. The summed E-state index contributed by atoms with van der Waals surface area (Å²) in [6, 6.07) is 1.53. The van der Waals surface area contributed by atoms with Crippen LogP contribution in [0, 0.1) is 6.92 Å². The van der Waals surface area contributed by atoms with Crippen molar-refractivity contribution in [2.24, 2.45) is 0 Å². The molecule has 0 spiro atoms. The third-order valence-corrected chi connectivity index (χ3v) is 8.28. The summed E-state index contributed by atoms with van der Waals surface area (Å²) in [4.78, 5) is 0. The van der Waals surface area contributed by atoms with Crippen LogP contribution in [0.15, 0.2) is 0 Å². The van der Waals surface area contributed by atoms with Gasteiger partial charge in [0.15, 0.2) is 0 Å². The molecular weight excluding hydrogens is 364 g/mol. The molecule has 0 aliphatic carbocycles. The Morgan fingerprint density at radius 1 is 0.345 bits per heavy atom. The fourth-order valence-corrected chi connectivity index (χ4v) is 5.68. The van der Waals surface area contributed by atoms with Gasteiger partial charge in [0.25, 0.3) is 0 Å². The lowest BCUT2D eigenvalue weighted by Crippen LogP contribution is -2.18. The molecule has 0 rings (SSSR count). The van der Waals surface area contributed by atoms with E-state index >= 15 is 0 Å². The monoisotopic (exact) mass is 423 g/mol. The Hall–Kier alpha value is 0.217. The highest BCUT2D eigenvalue weighted by Crippen LogP contribution is 2.17. The van der Waals surface area contributed by atoms with Gasteiger partial charge in [-0.25, -0.2) is 0 Å². The molecule has 0 amide bonds. The maximum absolute atomic E-state index is 3.92. The Morgan fingerprint density at radius 2 is 0.552 bits per heavy atom. The molecular formula is C28H59Si. The van der Waals surface area contributed by atoms with Crippen LogP contribution >= 0.6 is 0 Å². The zero-order valence-electron chi connectivity index (χ0n) is 21.2. The third kappa shape index (κ3) is 28.2. The average molecular weight is 424 g/mol. The van der Waals surface area contributed by atoms with E-state index in [1.807, 2.05) is 0 Å². The summed E-state index contributed by atoms with van der Waals surface area (Å²) in [5.41, 5.74) is 0. The molecule has 0 aromatic heterocycles. The molecule has 0 aromatic carbocycles. The quantitative estimate of drug-likeness (QED) is 0.107. The van der Waals surface area contributed by atoms with E-state index in [1.165, 1.54) is 147 Å². The lowest BCUT2D eigenvalue weighted by molar-refractivity contribution is 0.519. The first kappa shape index (κ1) is 29.2. The van der Waals surface area contributed by atoms with Crippen LogP contribution in [0.5, 0.6) is 0 Å². The van der Waals surface area contributed by atoms with Gasteiger partial charge in [0.1, 0.15) is 0 Å². The van der Waals surface area contributed by atoms with Gasteiger partial charge in [-0.1, -0.05) is 180 Å². The SMILES string of the molecule is [CH2]CCCCCCCCCCCCCCCCCCCCCCCC[Si](C)(C)C. The summed E-state index contributed by atoms with van der Waals surface area (Å²) < 4.78 is 0. The molecule has 1 radical (unpaired) electrons. The number of hydrogen-bond acceptors (Lipinski definition) is 0. The second-order valence-electron chi connectivity index (χ2n) is 10.9. The minimum Gasteiger partial charge on any atom is -0.0695 e. The number of unbranched alkanes of at least 4 members (excludes halogenated alkanes) is 22. The van der Waals surface area contributed by atoms with Crippen molar-refractivity contribution >= 4 is 8.07 Å². The normalized spacial score (nSPS) is 12.0. The van der Waals surface area contributed by atoms with Crippen LogP contribution < -0.4 is 0 Å². The van der Waals surface area contributed by atoms with E-state index in [2.05, 4.69) is 26.6 Å². The van der Waals surface area contributed by atoms with Crippen LogP contribution in [0.4, 0.5) is 0 Å². The van der Waals surface area contributed by atoms with Crippen LogP contribution in [0.25, 0.3) is 0 Å². The summed E-state index contributed by atoms with van der Waals surface area (Å²) in [6.07, 6.45) is 33.5. The Morgan fingerprint density at radius 3 is 0.759 bits per heavy atom. The molecule has 175 valence electrons. The third-order valence-electron chi connectivity index (χ3n) is 6.43. The zero-order chi connectivity index (χ0) is 21.5. The summed E-state index contributed by atoms with van der Waals surface area (Å²) in [7, 11) is -0.776. The van der Waals surface area contributed by atoms with Crippen molar-refractivity contribution < 1.29 is 0 Å². The van der Waals surface area contributed by atoms with Gasteiger partial charge in [-0.2, -0.15) is 0 Å².